The molecule has 136 valence electrons. The Balaban J connectivity index is 1.49. The van der Waals surface area contributed by atoms with Gasteiger partial charge in [-0.2, -0.15) is 10.4 Å². The molecule has 0 amide bonds. The van der Waals surface area contributed by atoms with Gasteiger partial charge in [-0.1, -0.05) is 36.4 Å². The number of aromatic amines is 1. The maximum atomic E-state index is 9.02. The lowest BCUT2D eigenvalue weighted by atomic mass is 10.0. The molecule has 0 saturated heterocycles. The fourth-order valence-corrected chi connectivity index (χ4v) is 3.00. The summed E-state index contributed by atoms with van der Waals surface area (Å²) in [6.07, 6.45) is 3.42. The van der Waals surface area contributed by atoms with E-state index in [2.05, 4.69) is 31.6 Å². The Morgan fingerprint density at radius 3 is 2.68 bits per heavy atom. The molecule has 4 aromatic rings. The van der Waals surface area contributed by atoms with Gasteiger partial charge in [-0.05, 0) is 30.7 Å². The van der Waals surface area contributed by atoms with Crippen molar-refractivity contribution in [2.45, 2.75) is 13.5 Å². The quantitative estimate of drug-likeness (QED) is 0.549. The van der Waals surface area contributed by atoms with Crippen LogP contribution in [0.25, 0.3) is 22.5 Å². The average Bonchev–Trinajstić information content (AvgIpc) is 3.22. The highest BCUT2D eigenvalue weighted by molar-refractivity contribution is 5.65. The van der Waals surface area contributed by atoms with Crippen LogP contribution in [-0.4, -0.2) is 20.2 Å². The van der Waals surface area contributed by atoms with Crippen LogP contribution in [-0.2, 0) is 6.54 Å². The van der Waals surface area contributed by atoms with E-state index in [1.54, 1.807) is 18.5 Å². The second kappa shape index (κ2) is 7.72. The second-order valence-corrected chi connectivity index (χ2v) is 6.43. The van der Waals surface area contributed by atoms with Crippen LogP contribution in [0.2, 0.25) is 0 Å². The highest BCUT2D eigenvalue weighted by Crippen LogP contribution is 2.23. The van der Waals surface area contributed by atoms with Crippen LogP contribution in [0.3, 0.4) is 0 Å². The Labute approximate surface area is 162 Å². The van der Waals surface area contributed by atoms with E-state index in [4.69, 9.17) is 5.26 Å². The number of nitrogens with zero attached hydrogens (tertiary/aromatic N) is 4. The van der Waals surface area contributed by atoms with Crippen molar-refractivity contribution in [2.75, 3.05) is 5.32 Å². The molecule has 0 atom stereocenters. The molecule has 0 aliphatic heterocycles. The SMILES string of the molecule is Cc1cc(C#N)ccc1-c1cncc(NCc2cc(-c3ccccc3)n[nH]2)n1. The highest BCUT2D eigenvalue weighted by atomic mass is 15.1. The number of anilines is 1. The zero-order valence-corrected chi connectivity index (χ0v) is 15.3. The number of nitrogens with one attached hydrogen (secondary N) is 2. The van der Waals surface area contributed by atoms with Crippen molar-refractivity contribution in [2.24, 2.45) is 0 Å². The predicted octanol–water partition coefficient (Wildman–Crippen LogP) is 4.33. The summed E-state index contributed by atoms with van der Waals surface area (Å²) in [5.41, 5.74) is 6.29. The summed E-state index contributed by atoms with van der Waals surface area (Å²) < 4.78 is 0. The van der Waals surface area contributed by atoms with Gasteiger partial charge in [0.2, 0.25) is 0 Å². The minimum absolute atomic E-state index is 0.560. The van der Waals surface area contributed by atoms with Crippen molar-refractivity contribution < 1.29 is 0 Å². The zero-order valence-electron chi connectivity index (χ0n) is 15.3. The van der Waals surface area contributed by atoms with E-state index >= 15 is 0 Å². The fourth-order valence-electron chi connectivity index (χ4n) is 3.00. The Morgan fingerprint density at radius 1 is 1.04 bits per heavy atom. The van der Waals surface area contributed by atoms with Crippen LogP contribution >= 0.6 is 0 Å². The molecule has 6 nitrogen and oxygen atoms in total. The number of aryl methyl sites for hydroxylation is 1. The predicted molar refractivity (Wildman–Crippen MR) is 108 cm³/mol. The van der Waals surface area contributed by atoms with Crippen LogP contribution in [0.5, 0.6) is 0 Å². The van der Waals surface area contributed by atoms with E-state index < -0.39 is 0 Å². The standard InChI is InChI=1S/C22H18N6/c1-15-9-16(11-23)7-8-19(15)21-13-24-14-22(26-21)25-12-18-10-20(28-27-18)17-5-3-2-4-6-17/h2-10,13-14H,12H2,1H3,(H,25,26)(H,27,28). The van der Waals surface area contributed by atoms with Crippen LogP contribution in [0.15, 0.2) is 67.0 Å². The monoisotopic (exact) mass is 366 g/mol. The molecule has 0 radical (unpaired) electrons. The van der Waals surface area contributed by atoms with Crippen molar-refractivity contribution in [3.63, 3.8) is 0 Å². The van der Waals surface area contributed by atoms with Gasteiger partial charge in [-0.3, -0.25) is 10.1 Å². The summed E-state index contributed by atoms with van der Waals surface area (Å²) >= 11 is 0. The summed E-state index contributed by atoms with van der Waals surface area (Å²) in [4.78, 5) is 8.94. The number of hydrogen-bond donors (Lipinski definition) is 2. The Kier molecular flexibility index (Phi) is 4.81. The summed E-state index contributed by atoms with van der Waals surface area (Å²) in [7, 11) is 0. The van der Waals surface area contributed by atoms with E-state index in [0.29, 0.717) is 17.9 Å². The zero-order chi connectivity index (χ0) is 19.3. The molecule has 0 spiro atoms. The largest absolute Gasteiger partial charge is 0.363 e. The van der Waals surface area contributed by atoms with Gasteiger partial charge in [0.15, 0.2) is 0 Å². The first kappa shape index (κ1) is 17.4. The van der Waals surface area contributed by atoms with E-state index in [9.17, 15) is 0 Å². The maximum absolute atomic E-state index is 9.02. The number of H-pyrrole nitrogens is 1. The lowest BCUT2D eigenvalue weighted by Gasteiger charge is -2.08. The maximum Gasteiger partial charge on any atom is 0.145 e. The van der Waals surface area contributed by atoms with Crippen molar-refractivity contribution in [1.29, 1.82) is 5.26 Å². The minimum atomic E-state index is 0.560. The van der Waals surface area contributed by atoms with Crippen molar-refractivity contribution >= 4 is 5.82 Å². The molecule has 0 aliphatic carbocycles. The Hall–Kier alpha value is -3.98. The molecule has 0 unspecified atom stereocenters. The van der Waals surface area contributed by atoms with Gasteiger partial charge in [0, 0.05) is 11.1 Å². The van der Waals surface area contributed by atoms with Gasteiger partial charge < -0.3 is 5.32 Å². The molecular formula is C22H18N6. The molecule has 0 fully saturated rings. The topological polar surface area (TPSA) is 90.3 Å². The van der Waals surface area contributed by atoms with Crippen LogP contribution in [0.1, 0.15) is 16.8 Å². The van der Waals surface area contributed by atoms with E-state index in [1.807, 2.05) is 55.5 Å². The molecule has 2 N–H and O–H groups in total. The van der Waals surface area contributed by atoms with Gasteiger partial charge in [0.1, 0.15) is 5.82 Å². The molecule has 0 aliphatic rings. The normalized spacial score (nSPS) is 10.4. The van der Waals surface area contributed by atoms with Gasteiger partial charge in [-0.25, -0.2) is 4.98 Å². The fraction of sp³-hybridized carbons (Fsp3) is 0.0909. The molecular weight excluding hydrogens is 348 g/mol. The van der Waals surface area contributed by atoms with Gasteiger partial charge >= 0.3 is 0 Å². The third-order valence-electron chi connectivity index (χ3n) is 4.43. The summed E-state index contributed by atoms with van der Waals surface area (Å²) in [5, 5.41) is 19.7. The molecule has 2 aromatic carbocycles. The number of rotatable bonds is 5. The van der Waals surface area contributed by atoms with Gasteiger partial charge in [0.25, 0.3) is 0 Å². The molecule has 0 saturated carbocycles. The summed E-state index contributed by atoms with van der Waals surface area (Å²) in [6.45, 7) is 2.53. The van der Waals surface area contributed by atoms with Crippen LogP contribution < -0.4 is 5.32 Å². The lowest BCUT2D eigenvalue weighted by Crippen LogP contribution is -2.03. The number of nitriles is 1. The Bertz CT molecular complexity index is 1140. The van der Waals surface area contributed by atoms with Crippen molar-refractivity contribution in [3.8, 4) is 28.6 Å². The highest BCUT2D eigenvalue weighted by Gasteiger charge is 2.08. The number of hydrogen-bond acceptors (Lipinski definition) is 5. The molecule has 4 rings (SSSR count). The van der Waals surface area contributed by atoms with Gasteiger partial charge in [-0.15, -0.1) is 0 Å². The summed E-state index contributed by atoms with van der Waals surface area (Å²) in [6, 6.07) is 19.8. The van der Waals surface area contributed by atoms with E-state index in [-0.39, 0.29) is 0 Å². The molecule has 6 heteroatoms. The molecule has 2 aromatic heterocycles. The van der Waals surface area contributed by atoms with Crippen molar-refractivity contribution in [3.05, 3.63) is 83.8 Å². The van der Waals surface area contributed by atoms with Crippen molar-refractivity contribution in [1.82, 2.24) is 20.2 Å². The second-order valence-electron chi connectivity index (χ2n) is 6.43. The molecule has 0 bridgehead atoms. The average molecular weight is 366 g/mol. The first-order chi connectivity index (χ1) is 13.7. The first-order valence-corrected chi connectivity index (χ1v) is 8.89. The molecule has 2 heterocycles. The van der Waals surface area contributed by atoms with Gasteiger partial charge in [0.05, 0.1) is 47.7 Å². The molecule has 28 heavy (non-hydrogen) atoms. The third-order valence-corrected chi connectivity index (χ3v) is 4.43. The smallest absolute Gasteiger partial charge is 0.145 e. The number of aromatic nitrogens is 4. The Morgan fingerprint density at radius 2 is 1.89 bits per heavy atom. The lowest BCUT2D eigenvalue weighted by molar-refractivity contribution is 0.973. The summed E-state index contributed by atoms with van der Waals surface area (Å²) in [5.74, 6) is 0.678. The minimum Gasteiger partial charge on any atom is -0.363 e. The first-order valence-electron chi connectivity index (χ1n) is 8.89. The number of benzene rings is 2. The third kappa shape index (κ3) is 3.74. The van der Waals surface area contributed by atoms with Crippen LogP contribution in [0, 0.1) is 18.3 Å². The van der Waals surface area contributed by atoms with Crippen LogP contribution in [0.4, 0.5) is 5.82 Å². The van der Waals surface area contributed by atoms with E-state index in [1.165, 1.54) is 0 Å². The van der Waals surface area contributed by atoms with E-state index in [0.717, 1.165) is 33.8 Å².